The van der Waals surface area contributed by atoms with Gasteiger partial charge in [0.05, 0.1) is 25.4 Å². The van der Waals surface area contributed by atoms with Crippen LogP contribution in [0.2, 0.25) is 0 Å². The number of carbonyl (C=O) groups is 2. The molecule has 9 atom stereocenters. The molecule has 0 spiro atoms. The Morgan fingerprint density at radius 3 is 2.81 bits per heavy atom. The van der Waals surface area contributed by atoms with Gasteiger partial charge in [-0.15, -0.1) is 0 Å². The number of piperidine rings is 2. The van der Waals surface area contributed by atoms with Crippen molar-refractivity contribution in [2.75, 3.05) is 45.9 Å². The zero-order valence-electron chi connectivity index (χ0n) is 22.0. The minimum Gasteiger partial charge on any atom is -0.379 e. The number of nitrogens with zero attached hydrogens (tertiary/aromatic N) is 2. The number of morpholine rings is 1. The molecule has 2 amide bonds. The highest BCUT2D eigenvalue weighted by atomic mass is 16.5. The average Bonchev–Trinajstić information content (AvgIpc) is 3.25. The van der Waals surface area contributed by atoms with Gasteiger partial charge < -0.3 is 25.0 Å². The first-order chi connectivity index (χ1) is 17.6. The van der Waals surface area contributed by atoms with E-state index in [1.807, 2.05) is 6.92 Å². The molecule has 6 aliphatic rings. The van der Waals surface area contributed by atoms with Crippen molar-refractivity contribution in [1.82, 2.24) is 20.4 Å². The standard InChI is InChI=1S/C28H46N4O4/c1-18(27(33)30-10-4-12-31-13-15-35-16-14-31)36-19-7-8-24-23(17-19)21-9-11-29-25-20-5-2-3-6-22(20)28(34)32(24)26(21)25/h18-26,29H,2-17H2,1H3,(H,30,33)/t18-,19?,20?,21?,22?,23?,24?,25?,26?/m1/s1. The minimum absolute atomic E-state index is 0.00382. The zero-order chi connectivity index (χ0) is 24.6. The Bertz CT molecular complexity index is 804. The highest BCUT2D eigenvalue weighted by molar-refractivity contribution is 5.82. The molecule has 8 nitrogen and oxygen atoms in total. The summed E-state index contributed by atoms with van der Waals surface area (Å²) >= 11 is 0. The summed E-state index contributed by atoms with van der Waals surface area (Å²) in [5, 5.41) is 6.95. The highest BCUT2D eigenvalue weighted by Gasteiger charge is 2.61. The topological polar surface area (TPSA) is 83.1 Å². The summed E-state index contributed by atoms with van der Waals surface area (Å²) in [5.74, 6) is 2.35. The van der Waals surface area contributed by atoms with E-state index in [2.05, 4.69) is 20.4 Å². The van der Waals surface area contributed by atoms with E-state index in [1.165, 1.54) is 19.3 Å². The van der Waals surface area contributed by atoms with Gasteiger partial charge in [0.15, 0.2) is 0 Å². The summed E-state index contributed by atoms with van der Waals surface area (Å²) in [5.41, 5.74) is 0. The number of nitrogens with one attached hydrogen (secondary N) is 2. The molecule has 4 heterocycles. The second-order valence-electron chi connectivity index (χ2n) is 12.3. The first kappa shape index (κ1) is 25.1. The summed E-state index contributed by atoms with van der Waals surface area (Å²) in [7, 11) is 0. The van der Waals surface area contributed by atoms with E-state index in [4.69, 9.17) is 9.47 Å². The fourth-order valence-electron chi connectivity index (χ4n) is 8.76. The molecule has 4 aliphatic heterocycles. The normalized spacial score (nSPS) is 41.2. The van der Waals surface area contributed by atoms with Crippen LogP contribution < -0.4 is 10.6 Å². The maximum atomic E-state index is 13.7. The van der Waals surface area contributed by atoms with Crippen LogP contribution in [0, 0.1) is 23.7 Å². The molecule has 8 heteroatoms. The van der Waals surface area contributed by atoms with Crippen molar-refractivity contribution in [1.29, 1.82) is 0 Å². The molecule has 202 valence electrons. The number of carbonyl (C=O) groups excluding carboxylic acids is 2. The Labute approximate surface area is 216 Å². The first-order valence-electron chi connectivity index (χ1n) is 14.9. The van der Waals surface area contributed by atoms with Crippen LogP contribution in [0.4, 0.5) is 0 Å². The average molecular weight is 503 g/mol. The summed E-state index contributed by atoms with van der Waals surface area (Å²) in [4.78, 5) is 31.2. The largest absolute Gasteiger partial charge is 0.379 e. The van der Waals surface area contributed by atoms with Crippen LogP contribution >= 0.6 is 0 Å². The third-order valence-electron chi connectivity index (χ3n) is 10.4. The summed E-state index contributed by atoms with van der Waals surface area (Å²) in [6.07, 6.45) is 9.55. The predicted molar refractivity (Wildman–Crippen MR) is 136 cm³/mol. The molecule has 6 rings (SSSR count). The smallest absolute Gasteiger partial charge is 0.248 e. The van der Waals surface area contributed by atoms with E-state index in [9.17, 15) is 9.59 Å². The number of amides is 2. The molecule has 8 unspecified atom stereocenters. The van der Waals surface area contributed by atoms with Gasteiger partial charge in [-0.05, 0) is 82.7 Å². The molecular weight excluding hydrogens is 456 g/mol. The molecule has 4 saturated heterocycles. The maximum absolute atomic E-state index is 13.7. The van der Waals surface area contributed by atoms with Crippen molar-refractivity contribution < 1.29 is 19.1 Å². The zero-order valence-corrected chi connectivity index (χ0v) is 22.0. The van der Waals surface area contributed by atoms with Crippen LogP contribution in [-0.4, -0.2) is 97.9 Å². The number of hydrogen-bond donors (Lipinski definition) is 2. The van der Waals surface area contributed by atoms with E-state index in [0.29, 0.717) is 48.3 Å². The van der Waals surface area contributed by atoms with Crippen molar-refractivity contribution in [3.63, 3.8) is 0 Å². The molecule has 0 aromatic heterocycles. The van der Waals surface area contributed by atoms with Crippen LogP contribution in [0.15, 0.2) is 0 Å². The monoisotopic (exact) mass is 502 g/mol. The van der Waals surface area contributed by atoms with Gasteiger partial charge in [-0.2, -0.15) is 0 Å². The van der Waals surface area contributed by atoms with Gasteiger partial charge in [0.1, 0.15) is 6.10 Å². The van der Waals surface area contributed by atoms with Crippen molar-refractivity contribution in [3.8, 4) is 0 Å². The summed E-state index contributed by atoms with van der Waals surface area (Å²) in [6.45, 7) is 8.27. The molecule has 2 aliphatic carbocycles. The van der Waals surface area contributed by atoms with Crippen LogP contribution in [0.1, 0.15) is 64.7 Å². The lowest BCUT2D eigenvalue weighted by atomic mass is 9.66. The van der Waals surface area contributed by atoms with Gasteiger partial charge in [-0.25, -0.2) is 0 Å². The Balaban J connectivity index is 1.02. The molecule has 0 radical (unpaired) electrons. The van der Waals surface area contributed by atoms with Crippen LogP contribution in [0.3, 0.4) is 0 Å². The Morgan fingerprint density at radius 2 is 1.94 bits per heavy atom. The Hall–Kier alpha value is -1.22. The van der Waals surface area contributed by atoms with Gasteiger partial charge in [-0.1, -0.05) is 12.8 Å². The fraction of sp³-hybridized carbons (Fsp3) is 0.929. The summed E-state index contributed by atoms with van der Waals surface area (Å²) in [6, 6.07) is 1.24. The van der Waals surface area contributed by atoms with Crippen LogP contribution in [0.25, 0.3) is 0 Å². The van der Waals surface area contributed by atoms with E-state index in [-0.39, 0.29) is 17.9 Å². The van der Waals surface area contributed by atoms with Crippen molar-refractivity contribution in [2.45, 2.75) is 95.0 Å². The molecule has 0 aromatic rings. The predicted octanol–water partition coefficient (Wildman–Crippen LogP) is 1.78. The van der Waals surface area contributed by atoms with E-state index in [0.717, 1.165) is 77.9 Å². The molecule has 6 fully saturated rings. The van der Waals surface area contributed by atoms with Crippen LogP contribution in [-0.2, 0) is 19.1 Å². The fourth-order valence-corrected chi connectivity index (χ4v) is 8.76. The maximum Gasteiger partial charge on any atom is 0.248 e. The molecule has 0 aromatic carbocycles. The van der Waals surface area contributed by atoms with Crippen LogP contribution in [0.5, 0.6) is 0 Å². The Morgan fingerprint density at radius 1 is 1.11 bits per heavy atom. The number of rotatable bonds is 7. The van der Waals surface area contributed by atoms with E-state index < -0.39 is 6.10 Å². The third kappa shape index (κ3) is 4.72. The van der Waals surface area contributed by atoms with Crippen molar-refractivity contribution >= 4 is 11.8 Å². The molecule has 2 N–H and O–H groups in total. The number of fused-ring (bicyclic) bond motifs is 5. The quantitative estimate of drug-likeness (QED) is 0.517. The van der Waals surface area contributed by atoms with E-state index >= 15 is 0 Å². The second kappa shape index (κ2) is 10.9. The van der Waals surface area contributed by atoms with Gasteiger partial charge in [0.25, 0.3) is 0 Å². The molecule has 2 saturated carbocycles. The highest BCUT2D eigenvalue weighted by Crippen LogP contribution is 2.54. The SMILES string of the molecule is C[C@@H](OC1CCC2C(C1)C1CCNC3C4CCCCC4C(=O)N2C13)C(=O)NCCCN1CCOCC1. The minimum atomic E-state index is -0.427. The third-order valence-corrected chi connectivity index (χ3v) is 10.4. The van der Waals surface area contributed by atoms with Gasteiger partial charge >= 0.3 is 0 Å². The summed E-state index contributed by atoms with van der Waals surface area (Å²) < 4.78 is 11.8. The second-order valence-corrected chi connectivity index (χ2v) is 12.3. The van der Waals surface area contributed by atoms with E-state index in [1.54, 1.807) is 0 Å². The lowest BCUT2D eigenvalue weighted by Crippen LogP contribution is -2.66. The number of hydrogen-bond acceptors (Lipinski definition) is 6. The first-order valence-corrected chi connectivity index (χ1v) is 14.9. The molecule has 36 heavy (non-hydrogen) atoms. The lowest BCUT2D eigenvalue weighted by molar-refractivity contribution is -0.152. The van der Waals surface area contributed by atoms with Gasteiger partial charge in [-0.3, -0.25) is 14.5 Å². The van der Waals surface area contributed by atoms with Crippen molar-refractivity contribution in [2.24, 2.45) is 23.7 Å². The molecular formula is C28H46N4O4. The Kier molecular flexibility index (Phi) is 7.57. The van der Waals surface area contributed by atoms with Gasteiger partial charge in [0.2, 0.25) is 11.8 Å². The number of ether oxygens (including phenoxy) is 2. The lowest BCUT2D eigenvalue weighted by Gasteiger charge is -2.52. The molecule has 0 bridgehead atoms. The van der Waals surface area contributed by atoms with Crippen molar-refractivity contribution in [3.05, 3.63) is 0 Å². The van der Waals surface area contributed by atoms with Gasteiger partial charge in [0, 0.05) is 37.6 Å².